The number of hydrogen-bond acceptors (Lipinski definition) is 4. The highest BCUT2D eigenvalue weighted by atomic mass is 16.5. The molecule has 0 saturated heterocycles. The zero-order chi connectivity index (χ0) is 17.3. The summed E-state index contributed by atoms with van der Waals surface area (Å²) in [6.07, 6.45) is 2.35. The van der Waals surface area contributed by atoms with Gasteiger partial charge in [-0.2, -0.15) is 0 Å². The number of carbonyl (C=O) groups excluding carboxylic acids is 3. The fraction of sp³-hybridized carbons (Fsp3) is 0.611. The van der Waals surface area contributed by atoms with Crippen molar-refractivity contribution in [1.29, 1.82) is 0 Å². The van der Waals surface area contributed by atoms with Gasteiger partial charge in [-0.1, -0.05) is 19.1 Å². The normalized spacial score (nSPS) is 30.5. The summed E-state index contributed by atoms with van der Waals surface area (Å²) in [6, 6.07) is -0.470. The third-order valence-electron chi connectivity index (χ3n) is 5.24. The summed E-state index contributed by atoms with van der Waals surface area (Å²) in [5.74, 6) is -0.313. The lowest BCUT2D eigenvalue weighted by atomic mass is 9.83. The second-order valence-electron chi connectivity index (χ2n) is 6.69. The van der Waals surface area contributed by atoms with Crippen molar-refractivity contribution in [3.8, 4) is 0 Å². The molecule has 0 aromatic rings. The van der Waals surface area contributed by atoms with Gasteiger partial charge in [-0.15, -0.1) is 0 Å². The standard InChI is InChI=1S/C18H25NO4/c1-9-6-7-13(10(2)18(22)23-5)8-14-11(3)17(21)16(15(9)14)19-12(4)20/h9,13,15-16H,2,6-8H2,1,3-5H3,(H,19,20)/t9-,13+,15-,16-/m0/s1. The van der Waals surface area contributed by atoms with Crippen LogP contribution in [0.1, 0.15) is 40.0 Å². The molecule has 2 aliphatic carbocycles. The number of hydrogen-bond donors (Lipinski definition) is 1. The van der Waals surface area contributed by atoms with Gasteiger partial charge in [-0.25, -0.2) is 4.79 Å². The molecule has 1 amide bonds. The highest BCUT2D eigenvalue weighted by Gasteiger charge is 2.45. The molecule has 2 aliphatic rings. The quantitative estimate of drug-likeness (QED) is 0.639. The van der Waals surface area contributed by atoms with Crippen LogP contribution in [0.3, 0.4) is 0 Å². The van der Waals surface area contributed by atoms with Crippen LogP contribution in [0.4, 0.5) is 0 Å². The predicted molar refractivity (Wildman–Crippen MR) is 86.5 cm³/mol. The first-order chi connectivity index (χ1) is 10.8. The molecular weight excluding hydrogens is 294 g/mol. The number of methoxy groups -OCH3 is 1. The Bertz CT molecular complexity index is 590. The molecule has 2 rings (SSSR count). The summed E-state index contributed by atoms with van der Waals surface area (Å²) in [5.41, 5.74) is 2.26. The summed E-state index contributed by atoms with van der Waals surface area (Å²) >= 11 is 0. The zero-order valence-corrected chi connectivity index (χ0v) is 14.3. The van der Waals surface area contributed by atoms with E-state index in [2.05, 4.69) is 18.8 Å². The predicted octanol–water partition coefficient (Wildman–Crippen LogP) is 2.17. The van der Waals surface area contributed by atoms with Crippen LogP contribution in [0.15, 0.2) is 23.3 Å². The van der Waals surface area contributed by atoms with Crippen molar-refractivity contribution in [2.75, 3.05) is 7.11 Å². The first-order valence-corrected chi connectivity index (χ1v) is 8.06. The fourth-order valence-electron chi connectivity index (χ4n) is 3.95. The molecule has 0 radical (unpaired) electrons. The van der Waals surface area contributed by atoms with Crippen molar-refractivity contribution in [2.45, 2.75) is 46.1 Å². The van der Waals surface area contributed by atoms with Crippen LogP contribution >= 0.6 is 0 Å². The van der Waals surface area contributed by atoms with Crippen LogP contribution < -0.4 is 5.32 Å². The number of fused-ring (bicyclic) bond motifs is 1. The molecule has 4 atom stereocenters. The SMILES string of the molecule is C=C(C(=O)OC)[C@@H]1CC[C@H](C)[C@H]2C(=C(C)C(=O)[C@H]2NC(C)=O)C1. The van der Waals surface area contributed by atoms with E-state index in [1.54, 1.807) is 0 Å². The van der Waals surface area contributed by atoms with Gasteiger partial charge in [0, 0.05) is 18.4 Å². The summed E-state index contributed by atoms with van der Waals surface area (Å²) in [6.45, 7) is 9.25. The molecule has 1 saturated carbocycles. The Hall–Kier alpha value is -1.91. The molecule has 0 bridgehead atoms. The molecule has 126 valence electrons. The van der Waals surface area contributed by atoms with Gasteiger partial charge in [0.15, 0.2) is 5.78 Å². The Morgan fingerprint density at radius 2 is 1.96 bits per heavy atom. The van der Waals surface area contributed by atoms with Crippen LogP contribution in [0, 0.1) is 17.8 Å². The van der Waals surface area contributed by atoms with E-state index in [0.717, 1.165) is 24.0 Å². The lowest BCUT2D eigenvalue weighted by Crippen LogP contribution is -2.44. The zero-order valence-electron chi connectivity index (χ0n) is 14.3. The third-order valence-corrected chi connectivity index (χ3v) is 5.24. The number of ether oxygens (including phenoxy) is 1. The maximum Gasteiger partial charge on any atom is 0.333 e. The molecule has 0 aromatic heterocycles. The summed E-state index contributed by atoms with van der Waals surface area (Å²) in [7, 11) is 1.35. The van der Waals surface area contributed by atoms with Crippen LogP contribution in [0.2, 0.25) is 0 Å². The van der Waals surface area contributed by atoms with E-state index >= 15 is 0 Å². The smallest absolute Gasteiger partial charge is 0.333 e. The van der Waals surface area contributed by atoms with E-state index in [0.29, 0.717) is 12.0 Å². The highest BCUT2D eigenvalue weighted by Crippen LogP contribution is 2.45. The molecule has 0 heterocycles. The molecule has 23 heavy (non-hydrogen) atoms. The first kappa shape index (κ1) is 17.4. The summed E-state index contributed by atoms with van der Waals surface area (Å²) in [4.78, 5) is 35.8. The molecule has 0 aromatic carbocycles. The number of amides is 1. The van der Waals surface area contributed by atoms with Crippen molar-refractivity contribution in [1.82, 2.24) is 5.32 Å². The van der Waals surface area contributed by atoms with E-state index in [1.165, 1.54) is 14.0 Å². The molecule has 5 heteroatoms. The maximum atomic E-state index is 12.5. The Morgan fingerprint density at radius 1 is 1.30 bits per heavy atom. The number of Topliss-reactive ketones (excluding diaryl/α,β-unsaturated/α-hetero) is 1. The van der Waals surface area contributed by atoms with Crippen LogP contribution in [-0.2, 0) is 19.1 Å². The molecular formula is C18H25NO4. The second-order valence-corrected chi connectivity index (χ2v) is 6.69. The van der Waals surface area contributed by atoms with E-state index in [4.69, 9.17) is 4.74 Å². The van der Waals surface area contributed by atoms with Gasteiger partial charge in [0.2, 0.25) is 5.91 Å². The van der Waals surface area contributed by atoms with Gasteiger partial charge in [0.05, 0.1) is 13.2 Å². The van der Waals surface area contributed by atoms with Crippen molar-refractivity contribution < 1.29 is 19.1 Å². The Labute approximate surface area is 137 Å². The van der Waals surface area contributed by atoms with Gasteiger partial charge >= 0.3 is 5.97 Å². The number of carbonyl (C=O) groups is 3. The van der Waals surface area contributed by atoms with E-state index in [1.807, 2.05) is 6.92 Å². The molecule has 0 aliphatic heterocycles. The number of ketones is 1. The van der Waals surface area contributed by atoms with E-state index in [-0.39, 0.29) is 35.4 Å². The minimum atomic E-state index is -0.470. The van der Waals surface area contributed by atoms with Gasteiger partial charge < -0.3 is 10.1 Å². The molecule has 0 unspecified atom stereocenters. The summed E-state index contributed by atoms with van der Waals surface area (Å²) < 4.78 is 4.79. The number of rotatable bonds is 3. The largest absolute Gasteiger partial charge is 0.466 e. The van der Waals surface area contributed by atoms with Gasteiger partial charge in [-0.05, 0) is 43.6 Å². The van der Waals surface area contributed by atoms with Crippen LogP contribution in [-0.4, -0.2) is 30.8 Å². The second kappa shape index (κ2) is 6.69. The maximum absolute atomic E-state index is 12.5. The minimum Gasteiger partial charge on any atom is -0.466 e. The summed E-state index contributed by atoms with van der Waals surface area (Å²) in [5, 5.41) is 2.81. The van der Waals surface area contributed by atoms with Gasteiger partial charge in [0.25, 0.3) is 0 Å². The van der Waals surface area contributed by atoms with E-state index in [9.17, 15) is 14.4 Å². The van der Waals surface area contributed by atoms with Crippen LogP contribution in [0.25, 0.3) is 0 Å². The Balaban J connectivity index is 2.32. The van der Waals surface area contributed by atoms with Crippen molar-refractivity contribution >= 4 is 17.7 Å². The van der Waals surface area contributed by atoms with Crippen molar-refractivity contribution in [3.05, 3.63) is 23.3 Å². The highest BCUT2D eigenvalue weighted by molar-refractivity contribution is 6.04. The topological polar surface area (TPSA) is 72.5 Å². The molecule has 1 fully saturated rings. The molecule has 1 N–H and O–H groups in total. The van der Waals surface area contributed by atoms with Crippen molar-refractivity contribution in [3.63, 3.8) is 0 Å². The Kier molecular flexibility index (Phi) is 5.07. The Morgan fingerprint density at radius 3 is 2.52 bits per heavy atom. The van der Waals surface area contributed by atoms with Crippen molar-refractivity contribution in [2.24, 2.45) is 17.8 Å². The van der Waals surface area contributed by atoms with E-state index < -0.39 is 6.04 Å². The third kappa shape index (κ3) is 3.23. The average Bonchev–Trinajstić information content (AvgIpc) is 2.66. The molecule has 0 spiro atoms. The average molecular weight is 319 g/mol. The molecule has 5 nitrogen and oxygen atoms in total. The number of esters is 1. The first-order valence-electron chi connectivity index (χ1n) is 8.06. The lowest BCUT2D eigenvalue weighted by Gasteiger charge is -2.26. The fourth-order valence-corrected chi connectivity index (χ4v) is 3.95. The van der Waals surface area contributed by atoms with Crippen LogP contribution in [0.5, 0.6) is 0 Å². The minimum absolute atomic E-state index is 0.00335. The lowest BCUT2D eigenvalue weighted by molar-refractivity contribution is -0.136. The van der Waals surface area contributed by atoms with Gasteiger partial charge in [0.1, 0.15) is 0 Å². The number of nitrogens with one attached hydrogen (secondary N) is 1. The van der Waals surface area contributed by atoms with Gasteiger partial charge in [-0.3, -0.25) is 9.59 Å². The monoisotopic (exact) mass is 319 g/mol.